The lowest BCUT2D eigenvalue weighted by atomic mass is 10.1. The van der Waals surface area contributed by atoms with Crippen LogP contribution in [0.5, 0.6) is 0 Å². The summed E-state index contributed by atoms with van der Waals surface area (Å²) in [5.41, 5.74) is 2.35. The average Bonchev–Trinajstić information content (AvgIpc) is 3.46. The molecule has 0 bridgehead atoms. The van der Waals surface area contributed by atoms with Gasteiger partial charge < -0.3 is 24.3 Å². The number of carbonyl (C=O) groups is 1. The summed E-state index contributed by atoms with van der Waals surface area (Å²) in [6.07, 6.45) is 3.81. The van der Waals surface area contributed by atoms with Gasteiger partial charge in [0.2, 0.25) is 11.6 Å². The molecular weight excluding hydrogens is 538 g/mol. The Hall–Kier alpha value is -2.56. The summed E-state index contributed by atoms with van der Waals surface area (Å²) < 4.78 is 25.8. The minimum Gasteiger partial charge on any atom is -0.485 e. The first-order chi connectivity index (χ1) is 15.9. The first-order valence-electron chi connectivity index (χ1n) is 11.0. The number of hydrogen-bond acceptors (Lipinski definition) is 6. The highest BCUT2D eigenvalue weighted by atomic mass is 127. The number of likely N-dealkylation sites (N-methyl/N-ethyl adjacent to an activating group) is 1. The topological polar surface area (TPSA) is 70.8 Å². The van der Waals surface area contributed by atoms with Gasteiger partial charge in [0.15, 0.2) is 0 Å². The van der Waals surface area contributed by atoms with E-state index in [4.69, 9.17) is 9.15 Å². The fraction of sp³-hybridized carbons (Fsp3) is 0.417. The lowest BCUT2D eigenvalue weighted by molar-refractivity contribution is -0.134. The number of carbonyl (C=O) groups excluding carboxylic acids is 1. The number of likely N-dealkylation sites (tertiary alicyclic amines) is 1. The zero-order valence-electron chi connectivity index (χ0n) is 18.8. The maximum Gasteiger partial charge on any atom is 0.292 e. The monoisotopic (exact) mass is 566 g/mol. The maximum absolute atomic E-state index is 13.3. The van der Waals surface area contributed by atoms with Crippen molar-refractivity contribution in [3.05, 3.63) is 71.5 Å². The van der Waals surface area contributed by atoms with E-state index in [1.807, 2.05) is 6.92 Å². The summed E-state index contributed by atoms with van der Waals surface area (Å²) in [7, 11) is 1.79. The third kappa shape index (κ3) is 5.02. The number of allylic oxidation sites excluding steroid dienone is 1. The van der Waals surface area contributed by atoms with E-state index in [1.54, 1.807) is 30.3 Å². The average molecular weight is 566 g/mol. The summed E-state index contributed by atoms with van der Waals surface area (Å²) in [4.78, 5) is 21.7. The van der Waals surface area contributed by atoms with Crippen molar-refractivity contribution in [1.82, 2.24) is 20.1 Å². The van der Waals surface area contributed by atoms with E-state index < -0.39 is 0 Å². The van der Waals surface area contributed by atoms with E-state index in [2.05, 4.69) is 44.4 Å². The Labute approximate surface area is 206 Å². The number of nitrogens with zero attached hydrogens (tertiary/aromatic N) is 3. The van der Waals surface area contributed by atoms with Crippen LogP contribution < -0.4 is 5.32 Å². The van der Waals surface area contributed by atoms with Gasteiger partial charge in [-0.15, -0.1) is 0 Å². The molecule has 1 amide bonds. The van der Waals surface area contributed by atoms with Gasteiger partial charge in [-0.05, 0) is 37.5 Å². The molecule has 4 rings (SSSR count). The Bertz CT molecular complexity index is 1050. The van der Waals surface area contributed by atoms with Crippen LogP contribution in [0.1, 0.15) is 37.0 Å². The molecule has 2 atom stereocenters. The first-order valence-corrected chi connectivity index (χ1v) is 12.5. The van der Waals surface area contributed by atoms with Crippen LogP contribution in [-0.2, 0) is 16.0 Å². The van der Waals surface area contributed by atoms with Crippen LogP contribution in [0.25, 0.3) is 5.70 Å². The molecule has 0 spiro atoms. The molecule has 1 N–H and O–H groups in total. The van der Waals surface area contributed by atoms with Gasteiger partial charge >= 0.3 is 0 Å². The van der Waals surface area contributed by atoms with Crippen LogP contribution in [0.15, 0.2) is 52.9 Å². The number of amides is 1. The number of halogens is 2. The smallest absolute Gasteiger partial charge is 0.292 e. The summed E-state index contributed by atoms with van der Waals surface area (Å²) in [5.74, 6) is 0.648. The number of rotatable bonds is 8. The van der Waals surface area contributed by atoms with Gasteiger partial charge in [0.05, 0.1) is 18.8 Å². The van der Waals surface area contributed by atoms with Gasteiger partial charge in [0, 0.05) is 30.1 Å². The van der Waals surface area contributed by atoms with Gasteiger partial charge in [0.1, 0.15) is 23.4 Å². The molecule has 9 heteroatoms. The van der Waals surface area contributed by atoms with Gasteiger partial charge in [-0.1, -0.05) is 41.3 Å². The molecule has 33 heavy (non-hydrogen) atoms. The van der Waals surface area contributed by atoms with E-state index >= 15 is 0 Å². The Morgan fingerprint density at radius 1 is 1.39 bits per heavy atom. The summed E-state index contributed by atoms with van der Waals surface area (Å²) in [6, 6.07) is 6.35. The normalized spacial score (nSPS) is 20.9. The number of hydrogen-bond donors (Lipinski definition) is 1. The van der Waals surface area contributed by atoms with Crippen LogP contribution in [0.2, 0.25) is 0 Å². The van der Waals surface area contributed by atoms with Gasteiger partial charge in [0.25, 0.3) is 5.91 Å². The molecule has 0 saturated carbocycles. The van der Waals surface area contributed by atoms with E-state index in [-0.39, 0.29) is 29.7 Å². The minimum absolute atomic E-state index is 0.0891. The molecule has 7 nitrogen and oxygen atoms in total. The largest absolute Gasteiger partial charge is 0.485 e. The molecule has 0 aliphatic carbocycles. The van der Waals surface area contributed by atoms with Gasteiger partial charge in [-0.3, -0.25) is 4.79 Å². The Balaban J connectivity index is 1.64. The standard InChI is InChI=1S/C24H28FIN4O3/c1-15(2)30-11-4-5-19(30)22-28-20(21(32-12-10-26)24(31)29(22)3)23-27-14-18(33-23)13-16-6-8-17(25)9-7-16/h6-9,14,19,22,28H,1,4-5,10-13H2,2-3H3/t19-,22?/m0/s1. The molecule has 176 valence electrons. The number of ether oxygens (including phenoxy) is 1. The summed E-state index contributed by atoms with van der Waals surface area (Å²) in [5, 5.41) is 3.49. The second kappa shape index (κ2) is 10.1. The number of oxazole rings is 1. The predicted octanol–water partition coefficient (Wildman–Crippen LogP) is 3.91. The molecule has 0 radical (unpaired) electrons. The molecule has 1 aromatic carbocycles. The zero-order chi connectivity index (χ0) is 23.5. The SMILES string of the molecule is C=C(C)N1CCC[C@H]1C1NC(c2ncc(Cc3ccc(F)cc3)o2)=C(OCCI)C(=O)N1C. The second-order valence-corrected chi connectivity index (χ2v) is 9.40. The Morgan fingerprint density at radius 3 is 2.85 bits per heavy atom. The van der Waals surface area contributed by atoms with Crippen LogP contribution in [0.4, 0.5) is 4.39 Å². The number of aromatic nitrogens is 1. The number of benzene rings is 1. The second-order valence-electron chi connectivity index (χ2n) is 8.32. The van der Waals surface area contributed by atoms with Crippen molar-refractivity contribution in [3.63, 3.8) is 0 Å². The van der Waals surface area contributed by atoms with Crippen molar-refractivity contribution in [2.75, 3.05) is 24.6 Å². The van der Waals surface area contributed by atoms with Crippen molar-refractivity contribution in [3.8, 4) is 0 Å². The van der Waals surface area contributed by atoms with Gasteiger partial charge in [-0.25, -0.2) is 9.37 Å². The molecule has 2 aliphatic rings. The molecule has 1 aromatic heterocycles. The molecule has 1 unspecified atom stereocenters. The highest BCUT2D eigenvalue weighted by Gasteiger charge is 2.42. The van der Waals surface area contributed by atoms with E-state index in [1.165, 1.54) is 12.1 Å². The van der Waals surface area contributed by atoms with Crippen molar-refractivity contribution in [2.45, 2.75) is 38.4 Å². The Kier molecular flexibility index (Phi) is 7.26. The highest BCUT2D eigenvalue weighted by Crippen LogP contribution is 2.31. The van der Waals surface area contributed by atoms with Crippen LogP contribution in [0, 0.1) is 5.82 Å². The van der Waals surface area contributed by atoms with Crippen molar-refractivity contribution < 1.29 is 18.3 Å². The lowest BCUT2D eigenvalue weighted by Gasteiger charge is -2.42. The first kappa shape index (κ1) is 23.6. The van der Waals surface area contributed by atoms with Gasteiger partial charge in [-0.2, -0.15) is 0 Å². The highest BCUT2D eigenvalue weighted by molar-refractivity contribution is 14.1. The number of nitrogens with one attached hydrogen (secondary N) is 1. The molecule has 2 aliphatic heterocycles. The number of alkyl halides is 1. The molecule has 2 aromatic rings. The van der Waals surface area contributed by atoms with Crippen LogP contribution >= 0.6 is 22.6 Å². The van der Waals surface area contributed by atoms with Crippen molar-refractivity contribution in [2.24, 2.45) is 0 Å². The van der Waals surface area contributed by atoms with E-state index in [9.17, 15) is 9.18 Å². The maximum atomic E-state index is 13.3. The fourth-order valence-corrected chi connectivity index (χ4v) is 4.61. The zero-order valence-corrected chi connectivity index (χ0v) is 21.0. The minimum atomic E-state index is -0.282. The molecular formula is C24H28FIN4O3. The summed E-state index contributed by atoms with van der Waals surface area (Å²) in [6.45, 7) is 7.41. The third-order valence-electron chi connectivity index (χ3n) is 5.99. The summed E-state index contributed by atoms with van der Waals surface area (Å²) >= 11 is 2.21. The molecule has 1 saturated heterocycles. The van der Waals surface area contributed by atoms with E-state index in [0.717, 1.165) is 35.1 Å². The predicted molar refractivity (Wildman–Crippen MR) is 132 cm³/mol. The lowest BCUT2D eigenvalue weighted by Crippen LogP contribution is -2.59. The molecule has 1 fully saturated rings. The van der Waals surface area contributed by atoms with Crippen molar-refractivity contribution >= 4 is 34.2 Å². The third-order valence-corrected chi connectivity index (χ3v) is 6.43. The fourth-order valence-electron chi connectivity index (χ4n) is 4.39. The van der Waals surface area contributed by atoms with Crippen molar-refractivity contribution in [1.29, 1.82) is 0 Å². The van der Waals surface area contributed by atoms with Crippen LogP contribution in [0.3, 0.4) is 0 Å². The quantitative estimate of drug-likeness (QED) is 0.386. The van der Waals surface area contributed by atoms with E-state index in [0.29, 0.717) is 30.4 Å². The molecule has 3 heterocycles. The Morgan fingerprint density at radius 2 is 2.15 bits per heavy atom. The van der Waals surface area contributed by atoms with Crippen LogP contribution in [-0.4, -0.2) is 57.5 Å².